The maximum atomic E-state index is 14.7. The number of hydrogen-bond donors (Lipinski definition) is 6. The number of anilines is 2. The Labute approximate surface area is 416 Å². The number of rotatable bonds is 24. The van der Waals surface area contributed by atoms with Gasteiger partial charge < -0.3 is 36.2 Å². The van der Waals surface area contributed by atoms with Gasteiger partial charge in [-0.2, -0.15) is 0 Å². The van der Waals surface area contributed by atoms with E-state index in [1.807, 2.05) is 67.6 Å². The summed E-state index contributed by atoms with van der Waals surface area (Å²) in [5.74, 6) is -7.35. The molecule has 2 aromatic heterocycles. The van der Waals surface area contributed by atoms with Crippen molar-refractivity contribution in [2.75, 3.05) is 38.1 Å². The maximum absolute atomic E-state index is 14.7. The standard InChI is InChI=1S/C49H58F3IN8O7S/c1-28(2)42(40-22-29(3)59-68-40)47(65)61-26-34(62)25-49(61,48(54)66)36(31-10-12-32(13-11-31)45-30(4)57-27-69-45)24-41(63)56-20-8-6-5-7-18-55-19-9-21-67-60-46(64)35-15-16-37(50)43(52)44(35)58-39-17-14-33(53)23-38(39)51/h10-17,22-23,27-28,34,36,42,55,58,62H,5-9,18-21,24-26H2,1-4H3,(H2,54,66)(H,56,63)(H,60,64)/t34?,36-,42+,49?/m0/s1. The second-order valence-electron chi connectivity index (χ2n) is 17.5. The number of unbranched alkanes of at least 4 members (excludes halogenated alkanes) is 3. The summed E-state index contributed by atoms with van der Waals surface area (Å²) in [5, 5.41) is 24.0. The van der Waals surface area contributed by atoms with Gasteiger partial charge in [0.25, 0.3) is 5.91 Å². The highest BCUT2D eigenvalue weighted by molar-refractivity contribution is 14.1. The highest BCUT2D eigenvalue weighted by atomic mass is 127. The second kappa shape index (κ2) is 24.4. The minimum atomic E-state index is -1.75. The van der Waals surface area contributed by atoms with Crippen molar-refractivity contribution in [2.45, 2.75) is 96.1 Å². The Kier molecular flexibility index (Phi) is 18.7. The van der Waals surface area contributed by atoms with Crippen molar-refractivity contribution in [2.24, 2.45) is 11.7 Å². The number of halogens is 4. The Morgan fingerprint density at radius 2 is 1.70 bits per heavy atom. The molecule has 0 aliphatic carbocycles. The van der Waals surface area contributed by atoms with E-state index in [0.717, 1.165) is 47.5 Å². The van der Waals surface area contributed by atoms with Crippen LogP contribution in [-0.4, -0.2) is 88.2 Å². The first-order valence-electron chi connectivity index (χ1n) is 22.8. The lowest BCUT2D eigenvalue weighted by atomic mass is 9.73. The first kappa shape index (κ1) is 52.9. The number of thiazole rings is 1. The SMILES string of the molecule is Cc1cc([C@H](C(=O)N2CC(O)CC2(C(N)=O)[C@@H](CC(=O)NCCCCCCNCCCONC(=O)c2ccc(F)c(F)c2Nc2ccc(I)cc2F)c2ccc(-c3scnc3C)cc2)C(C)C)on1. The third-order valence-corrected chi connectivity index (χ3v) is 13.8. The Balaban J connectivity index is 0.976. The number of carbonyl (C=O) groups excluding carboxylic acids is 4. The molecule has 0 spiro atoms. The molecule has 0 radical (unpaired) electrons. The fraction of sp³-hybridized carbons (Fsp3) is 0.429. The molecule has 3 heterocycles. The van der Waals surface area contributed by atoms with Crippen LogP contribution >= 0.6 is 33.9 Å². The fourth-order valence-electron chi connectivity index (χ4n) is 8.74. The topological polar surface area (TPSA) is 214 Å². The number of aromatic nitrogens is 2. The average Bonchev–Trinajstić information content (AvgIpc) is 4.04. The zero-order valence-electron chi connectivity index (χ0n) is 38.9. The van der Waals surface area contributed by atoms with Gasteiger partial charge in [0.2, 0.25) is 17.7 Å². The molecular weight excluding hydrogens is 1030 g/mol. The molecule has 2 unspecified atom stereocenters. The molecule has 15 nitrogen and oxygen atoms in total. The molecular formula is C49H58F3IN8O7S. The quantitative estimate of drug-likeness (QED) is 0.0198. The first-order valence-corrected chi connectivity index (χ1v) is 24.8. The van der Waals surface area contributed by atoms with Crippen molar-refractivity contribution >= 4 is 68.9 Å². The van der Waals surface area contributed by atoms with Gasteiger partial charge >= 0.3 is 0 Å². The molecule has 20 heteroatoms. The predicted molar refractivity (Wildman–Crippen MR) is 264 cm³/mol. The number of aryl methyl sites for hydroxylation is 2. The molecule has 1 aliphatic rings. The number of likely N-dealkylation sites (tertiary alicyclic amines) is 1. The van der Waals surface area contributed by atoms with E-state index in [2.05, 4.69) is 31.6 Å². The summed E-state index contributed by atoms with van der Waals surface area (Å²) in [6, 6.07) is 15.2. The number of nitrogens with two attached hydrogens (primary N) is 1. The Bertz CT molecular complexity index is 2580. The molecule has 0 bridgehead atoms. The van der Waals surface area contributed by atoms with E-state index in [1.54, 1.807) is 24.6 Å². The van der Waals surface area contributed by atoms with Crippen LogP contribution in [0.25, 0.3) is 10.4 Å². The van der Waals surface area contributed by atoms with Crippen molar-refractivity contribution in [1.82, 2.24) is 31.2 Å². The zero-order chi connectivity index (χ0) is 49.8. The minimum Gasteiger partial charge on any atom is -0.391 e. The number of hydroxylamine groups is 1. The summed E-state index contributed by atoms with van der Waals surface area (Å²) < 4.78 is 49.4. The third kappa shape index (κ3) is 13.1. The molecule has 6 rings (SSSR count). The van der Waals surface area contributed by atoms with Crippen LogP contribution in [-0.2, 0) is 19.2 Å². The molecule has 69 heavy (non-hydrogen) atoms. The van der Waals surface area contributed by atoms with Crippen molar-refractivity contribution in [3.63, 3.8) is 0 Å². The van der Waals surface area contributed by atoms with Gasteiger partial charge in [0.1, 0.15) is 23.0 Å². The summed E-state index contributed by atoms with van der Waals surface area (Å²) in [5.41, 5.74) is 10.6. The Hall–Kier alpha value is -5.42. The van der Waals surface area contributed by atoms with Crippen LogP contribution in [0.3, 0.4) is 0 Å². The largest absolute Gasteiger partial charge is 0.391 e. The molecule has 4 atom stereocenters. The highest BCUT2D eigenvalue weighted by Gasteiger charge is 2.58. The number of aliphatic hydroxyl groups is 1. The molecule has 0 saturated carbocycles. The number of β-amino-alcohol motifs (C(OH)–C–C–N with tert-alkyl or cyclic N) is 1. The van der Waals surface area contributed by atoms with E-state index in [9.17, 15) is 37.5 Å². The Morgan fingerprint density at radius 1 is 0.971 bits per heavy atom. The minimum absolute atomic E-state index is 0.129. The van der Waals surface area contributed by atoms with Crippen molar-refractivity contribution in [1.29, 1.82) is 0 Å². The molecule has 1 aliphatic heterocycles. The summed E-state index contributed by atoms with van der Waals surface area (Å²) in [7, 11) is 0. The summed E-state index contributed by atoms with van der Waals surface area (Å²) in [6.45, 7) is 9.04. The number of benzene rings is 3. The number of amides is 4. The van der Waals surface area contributed by atoms with Gasteiger partial charge in [-0.15, -0.1) is 11.3 Å². The number of nitrogens with one attached hydrogen (secondary N) is 4. The lowest BCUT2D eigenvalue weighted by molar-refractivity contribution is -0.148. The van der Waals surface area contributed by atoms with Gasteiger partial charge in [0, 0.05) is 41.5 Å². The van der Waals surface area contributed by atoms with E-state index in [0.29, 0.717) is 53.1 Å². The molecule has 3 aromatic carbocycles. The van der Waals surface area contributed by atoms with E-state index in [4.69, 9.17) is 15.1 Å². The van der Waals surface area contributed by atoms with E-state index < -0.39 is 64.3 Å². The normalized spacial score (nSPS) is 16.7. The van der Waals surface area contributed by atoms with E-state index >= 15 is 0 Å². The molecule has 1 fully saturated rings. The van der Waals surface area contributed by atoms with Crippen LogP contribution in [0.5, 0.6) is 0 Å². The number of hydrogen-bond acceptors (Lipinski definition) is 12. The second-order valence-corrected chi connectivity index (χ2v) is 19.6. The van der Waals surface area contributed by atoms with Gasteiger partial charge in [-0.05, 0) is 116 Å². The van der Waals surface area contributed by atoms with Crippen molar-refractivity contribution in [3.8, 4) is 10.4 Å². The van der Waals surface area contributed by atoms with Crippen LogP contribution in [0.4, 0.5) is 24.5 Å². The lowest BCUT2D eigenvalue weighted by Crippen LogP contribution is -2.61. The van der Waals surface area contributed by atoms with Gasteiger partial charge in [0.15, 0.2) is 11.6 Å². The van der Waals surface area contributed by atoms with Crippen LogP contribution in [0, 0.1) is 40.8 Å². The molecule has 370 valence electrons. The van der Waals surface area contributed by atoms with Crippen molar-refractivity contribution in [3.05, 3.63) is 115 Å². The van der Waals surface area contributed by atoms with Gasteiger partial charge in [-0.25, -0.2) is 23.6 Å². The highest BCUT2D eigenvalue weighted by Crippen LogP contribution is 2.46. The molecule has 7 N–H and O–H groups in total. The van der Waals surface area contributed by atoms with Crippen LogP contribution in [0.2, 0.25) is 0 Å². The number of nitrogens with zero attached hydrogens (tertiary/aromatic N) is 3. The van der Waals surface area contributed by atoms with Crippen molar-refractivity contribution < 1.29 is 46.8 Å². The predicted octanol–water partition coefficient (Wildman–Crippen LogP) is 7.93. The smallest absolute Gasteiger partial charge is 0.277 e. The third-order valence-electron chi connectivity index (χ3n) is 12.2. The summed E-state index contributed by atoms with van der Waals surface area (Å²) in [6.07, 6.45) is 2.37. The van der Waals surface area contributed by atoms with Crippen LogP contribution in [0.15, 0.2) is 70.7 Å². The van der Waals surface area contributed by atoms with Gasteiger partial charge in [0.05, 0.1) is 51.4 Å². The number of carbonyl (C=O) groups is 4. The van der Waals surface area contributed by atoms with Crippen LogP contribution < -0.4 is 27.2 Å². The fourth-order valence-corrected chi connectivity index (χ4v) is 10.0. The molecule has 4 amide bonds. The number of aliphatic hydroxyl groups excluding tert-OH is 1. The number of primary amides is 1. The lowest BCUT2D eigenvalue weighted by Gasteiger charge is -2.43. The molecule has 5 aromatic rings. The first-order chi connectivity index (χ1) is 33.0. The molecule has 1 saturated heterocycles. The summed E-state index contributed by atoms with van der Waals surface area (Å²) in [4.78, 5) is 67.2. The van der Waals surface area contributed by atoms with Crippen LogP contribution in [0.1, 0.15) is 104 Å². The van der Waals surface area contributed by atoms with Gasteiger partial charge in [-0.3, -0.25) is 24.0 Å². The van der Waals surface area contributed by atoms with E-state index in [1.165, 1.54) is 28.4 Å². The summed E-state index contributed by atoms with van der Waals surface area (Å²) >= 11 is 3.41. The Morgan fingerprint density at radius 3 is 2.35 bits per heavy atom. The van der Waals surface area contributed by atoms with Gasteiger partial charge in [-0.1, -0.05) is 56.1 Å². The average molecular weight is 1090 g/mol. The zero-order valence-corrected chi connectivity index (χ0v) is 41.9. The maximum Gasteiger partial charge on any atom is 0.277 e. The monoisotopic (exact) mass is 1090 g/mol. The van der Waals surface area contributed by atoms with E-state index in [-0.39, 0.29) is 49.1 Å².